The number of anilines is 2. The molecule has 136 valence electrons. The fourth-order valence-electron chi connectivity index (χ4n) is 2.92. The predicted octanol–water partition coefficient (Wildman–Crippen LogP) is 4.83. The van der Waals surface area contributed by atoms with Crippen molar-refractivity contribution in [2.75, 3.05) is 17.3 Å². The van der Waals surface area contributed by atoms with E-state index in [1.807, 2.05) is 62.4 Å². The van der Waals surface area contributed by atoms with Crippen molar-refractivity contribution >= 4 is 23.2 Å². The highest BCUT2D eigenvalue weighted by Crippen LogP contribution is 2.21. The van der Waals surface area contributed by atoms with Gasteiger partial charge < -0.3 is 10.2 Å². The van der Waals surface area contributed by atoms with Crippen LogP contribution in [0.15, 0.2) is 72.8 Å². The van der Waals surface area contributed by atoms with E-state index in [0.29, 0.717) is 11.1 Å². The van der Waals surface area contributed by atoms with Crippen LogP contribution < -0.4 is 10.2 Å². The third-order valence-electron chi connectivity index (χ3n) is 4.56. The fraction of sp³-hybridized carbons (Fsp3) is 0.130. The maximum absolute atomic E-state index is 12.6. The predicted molar refractivity (Wildman–Crippen MR) is 109 cm³/mol. The average molecular weight is 358 g/mol. The van der Waals surface area contributed by atoms with Gasteiger partial charge in [-0.25, -0.2) is 0 Å². The summed E-state index contributed by atoms with van der Waals surface area (Å²) in [5, 5.41) is 2.96. The number of nitrogens with zero attached hydrogens (tertiary/aromatic N) is 1. The minimum absolute atomic E-state index is 0.122. The Kier molecular flexibility index (Phi) is 5.36. The second kappa shape index (κ2) is 7.87. The normalized spacial score (nSPS) is 10.3. The minimum Gasteiger partial charge on any atom is -0.322 e. The summed E-state index contributed by atoms with van der Waals surface area (Å²) in [7, 11) is 1.74. The summed E-state index contributed by atoms with van der Waals surface area (Å²) in [5.74, 6) is -0.314. The molecule has 0 radical (unpaired) electrons. The smallest absolute Gasteiger partial charge is 0.258 e. The number of nitrogens with one attached hydrogen (secondary N) is 1. The van der Waals surface area contributed by atoms with Gasteiger partial charge in [-0.1, -0.05) is 36.4 Å². The lowest BCUT2D eigenvalue weighted by molar-refractivity contribution is 0.0989. The first-order valence-corrected chi connectivity index (χ1v) is 8.78. The van der Waals surface area contributed by atoms with Crippen LogP contribution in [0.1, 0.15) is 31.8 Å². The molecule has 0 unspecified atom stereocenters. The topological polar surface area (TPSA) is 49.4 Å². The van der Waals surface area contributed by atoms with Crippen molar-refractivity contribution in [3.8, 4) is 0 Å². The van der Waals surface area contributed by atoms with Crippen LogP contribution in [0.3, 0.4) is 0 Å². The highest BCUT2D eigenvalue weighted by molar-refractivity contribution is 6.08. The summed E-state index contributed by atoms with van der Waals surface area (Å²) < 4.78 is 0. The van der Waals surface area contributed by atoms with E-state index in [9.17, 15) is 9.59 Å². The first-order valence-electron chi connectivity index (χ1n) is 8.78. The maximum Gasteiger partial charge on any atom is 0.258 e. The summed E-state index contributed by atoms with van der Waals surface area (Å²) in [6.07, 6.45) is 0. The number of carbonyl (C=O) groups excluding carboxylic acids is 2. The molecule has 4 heteroatoms. The number of benzene rings is 3. The molecule has 0 bridgehead atoms. The van der Waals surface area contributed by atoms with Gasteiger partial charge in [0.05, 0.1) is 0 Å². The van der Waals surface area contributed by atoms with Crippen LogP contribution in [0, 0.1) is 13.8 Å². The summed E-state index contributed by atoms with van der Waals surface area (Å²) in [5.41, 5.74) is 4.71. The summed E-state index contributed by atoms with van der Waals surface area (Å²) >= 11 is 0. The van der Waals surface area contributed by atoms with Crippen LogP contribution in [0.4, 0.5) is 11.4 Å². The highest BCUT2D eigenvalue weighted by atomic mass is 16.2. The van der Waals surface area contributed by atoms with Crippen LogP contribution >= 0.6 is 0 Å². The van der Waals surface area contributed by atoms with E-state index in [1.54, 1.807) is 36.2 Å². The first kappa shape index (κ1) is 18.4. The van der Waals surface area contributed by atoms with Crippen LogP contribution in [0.2, 0.25) is 0 Å². The number of para-hydroxylation sites is 2. The molecule has 0 saturated heterocycles. The largest absolute Gasteiger partial charge is 0.322 e. The summed E-state index contributed by atoms with van der Waals surface area (Å²) in [6.45, 7) is 3.92. The van der Waals surface area contributed by atoms with E-state index in [0.717, 1.165) is 22.5 Å². The summed E-state index contributed by atoms with van der Waals surface area (Å²) in [4.78, 5) is 26.8. The van der Waals surface area contributed by atoms with Gasteiger partial charge in [0.25, 0.3) is 11.8 Å². The lowest BCUT2D eigenvalue weighted by Gasteiger charge is -2.17. The number of hydrogen-bond donors (Lipinski definition) is 1. The van der Waals surface area contributed by atoms with Crippen molar-refractivity contribution in [2.45, 2.75) is 13.8 Å². The van der Waals surface area contributed by atoms with Crippen LogP contribution in [0.25, 0.3) is 0 Å². The van der Waals surface area contributed by atoms with Crippen LogP contribution in [0.5, 0.6) is 0 Å². The van der Waals surface area contributed by atoms with Crippen molar-refractivity contribution < 1.29 is 9.59 Å². The Hall–Kier alpha value is -3.40. The Balaban J connectivity index is 1.75. The quantitative estimate of drug-likeness (QED) is 0.726. The third kappa shape index (κ3) is 4.06. The lowest BCUT2D eigenvalue weighted by Crippen LogP contribution is -2.26. The molecule has 0 fully saturated rings. The molecule has 0 heterocycles. The van der Waals surface area contributed by atoms with E-state index < -0.39 is 0 Å². The average Bonchev–Trinajstić information content (AvgIpc) is 2.70. The van der Waals surface area contributed by atoms with Crippen molar-refractivity contribution in [1.29, 1.82) is 0 Å². The Labute approximate surface area is 159 Å². The molecule has 3 rings (SSSR count). The molecular weight excluding hydrogens is 336 g/mol. The van der Waals surface area contributed by atoms with Crippen LogP contribution in [-0.4, -0.2) is 18.9 Å². The monoisotopic (exact) mass is 358 g/mol. The number of amides is 2. The molecule has 27 heavy (non-hydrogen) atoms. The molecule has 3 aromatic carbocycles. The zero-order valence-corrected chi connectivity index (χ0v) is 15.7. The SMILES string of the molecule is Cc1cccc(C)c1NC(=O)c1ccc(C(=O)N(C)c2ccccc2)cc1. The van der Waals surface area contributed by atoms with Crippen molar-refractivity contribution in [2.24, 2.45) is 0 Å². The Morgan fingerprint density at radius 1 is 0.741 bits per heavy atom. The van der Waals surface area contributed by atoms with Gasteiger partial charge in [0.15, 0.2) is 0 Å². The van der Waals surface area contributed by atoms with E-state index >= 15 is 0 Å². The molecular formula is C23H22N2O2. The van der Waals surface area contributed by atoms with Gasteiger partial charge in [0.1, 0.15) is 0 Å². The second-order valence-electron chi connectivity index (χ2n) is 6.50. The molecule has 1 N–H and O–H groups in total. The molecule has 0 spiro atoms. The minimum atomic E-state index is -0.192. The van der Waals surface area contributed by atoms with Gasteiger partial charge in [-0.15, -0.1) is 0 Å². The number of rotatable bonds is 4. The second-order valence-corrected chi connectivity index (χ2v) is 6.50. The van der Waals surface area contributed by atoms with E-state index in [-0.39, 0.29) is 11.8 Å². The van der Waals surface area contributed by atoms with E-state index in [2.05, 4.69) is 5.32 Å². The Bertz CT molecular complexity index is 943. The van der Waals surface area contributed by atoms with Gasteiger partial charge >= 0.3 is 0 Å². The Morgan fingerprint density at radius 3 is 1.89 bits per heavy atom. The Morgan fingerprint density at radius 2 is 1.30 bits per heavy atom. The molecule has 0 saturated carbocycles. The number of carbonyl (C=O) groups is 2. The van der Waals surface area contributed by atoms with Gasteiger partial charge in [-0.3, -0.25) is 9.59 Å². The number of aryl methyl sites for hydroxylation is 2. The zero-order chi connectivity index (χ0) is 19.4. The van der Waals surface area contributed by atoms with E-state index in [4.69, 9.17) is 0 Å². The standard InChI is InChI=1S/C23H22N2O2/c1-16-8-7-9-17(2)21(16)24-22(26)18-12-14-19(15-13-18)23(27)25(3)20-10-5-4-6-11-20/h4-15H,1-3H3,(H,24,26). The van der Waals surface area contributed by atoms with E-state index in [1.165, 1.54) is 0 Å². The molecule has 0 aliphatic carbocycles. The third-order valence-corrected chi connectivity index (χ3v) is 4.56. The zero-order valence-electron chi connectivity index (χ0n) is 15.7. The van der Waals surface area contributed by atoms with Gasteiger partial charge in [0.2, 0.25) is 0 Å². The lowest BCUT2D eigenvalue weighted by atomic mass is 10.1. The van der Waals surface area contributed by atoms with Crippen molar-refractivity contribution in [3.05, 3.63) is 95.1 Å². The van der Waals surface area contributed by atoms with Crippen molar-refractivity contribution in [3.63, 3.8) is 0 Å². The van der Waals surface area contributed by atoms with Gasteiger partial charge in [-0.2, -0.15) is 0 Å². The van der Waals surface area contributed by atoms with Gasteiger partial charge in [-0.05, 0) is 61.4 Å². The highest BCUT2D eigenvalue weighted by Gasteiger charge is 2.15. The maximum atomic E-state index is 12.6. The molecule has 0 atom stereocenters. The summed E-state index contributed by atoms with van der Waals surface area (Å²) in [6, 6.07) is 22.0. The van der Waals surface area contributed by atoms with Crippen LogP contribution in [-0.2, 0) is 0 Å². The fourth-order valence-corrected chi connectivity index (χ4v) is 2.92. The van der Waals surface area contributed by atoms with Gasteiger partial charge in [0, 0.05) is 29.5 Å². The molecule has 4 nitrogen and oxygen atoms in total. The molecule has 2 amide bonds. The van der Waals surface area contributed by atoms with Crippen molar-refractivity contribution in [1.82, 2.24) is 0 Å². The molecule has 0 aliphatic rings. The first-order chi connectivity index (χ1) is 13.0. The molecule has 0 aliphatic heterocycles. The molecule has 3 aromatic rings. The molecule has 0 aromatic heterocycles. The number of hydrogen-bond acceptors (Lipinski definition) is 2.